The Morgan fingerprint density at radius 3 is 2.67 bits per heavy atom. The molecule has 0 aliphatic heterocycles. The van der Waals surface area contributed by atoms with Crippen LogP contribution in [0.25, 0.3) is 0 Å². The van der Waals surface area contributed by atoms with Gasteiger partial charge in [0.2, 0.25) is 0 Å². The fourth-order valence-corrected chi connectivity index (χ4v) is 3.44. The van der Waals surface area contributed by atoms with Crippen LogP contribution in [0.5, 0.6) is 0 Å². The predicted octanol–water partition coefficient (Wildman–Crippen LogP) is 3.92. The van der Waals surface area contributed by atoms with Crippen LogP contribution in [0.4, 0.5) is 0 Å². The summed E-state index contributed by atoms with van der Waals surface area (Å²) in [6.07, 6.45) is 4.80. The minimum Gasteiger partial charge on any atom is -0.294 e. The normalized spacial score (nSPS) is 28.7. The van der Waals surface area contributed by atoms with Crippen molar-refractivity contribution >= 4 is 21.7 Å². The zero-order valence-corrected chi connectivity index (χ0v) is 10.1. The summed E-state index contributed by atoms with van der Waals surface area (Å²) < 4.78 is 1.02. The van der Waals surface area contributed by atoms with E-state index in [1.807, 2.05) is 6.07 Å². The molecule has 1 aromatic rings. The van der Waals surface area contributed by atoms with Crippen molar-refractivity contribution in [2.45, 2.75) is 31.6 Å². The molecule has 1 saturated carbocycles. The molecule has 0 bridgehead atoms. The summed E-state index contributed by atoms with van der Waals surface area (Å²) in [6, 6.07) is 6.19. The maximum atomic E-state index is 12.2. The maximum absolute atomic E-state index is 12.2. The first kappa shape index (κ1) is 9.59. The van der Waals surface area contributed by atoms with Gasteiger partial charge in [0.25, 0.3) is 0 Å². The van der Waals surface area contributed by atoms with E-state index in [4.69, 9.17) is 0 Å². The molecule has 0 N–H and O–H groups in total. The van der Waals surface area contributed by atoms with Gasteiger partial charge in [0.15, 0.2) is 5.78 Å². The van der Waals surface area contributed by atoms with Crippen molar-refractivity contribution < 1.29 is 4.79 Å². The van der Waals surface area contributed by atoms with Crippen LogP contribution in [0.1, 0.15) is 47.5 Å². The number of fused-ring (bicyclic) bond motifs is 3. The molecule has 2 aliphatic carbocycles. The molecule has 0 heterocycles. The Kier molecular flexibility index (Phi) is 2.20. The quantitative estimate of drug-likeness (QED) is 0.694. The molecule has 15 heavy (non-hydrogen) atoms. The molecule has 0 radical (unpaired) electrons. The summed E-state index contributed by atoms with van der Waals surface area (Å²) in [5.74, 6) is 1.20. The number of rotatable bonds is 0. The Labute approximate surface area is 98.0 Å². The molecule has 1 fully saturated rings. The Hall–Kier alpha value is -0.630. The smallest absolute Gasteiger partial charge is 0.166 e. The van der Waals surface area contributed by atoms with Crippen LogP contribution in [0.15, 0.2) is 22.7 Å². The van der Waals surface area contributed by atoms with Gasteiger partial charge in [0.05, 0.1) is 0 Å². The summed E-state index contributed by atoms with van der Waals surface area (Å²) in [5, 5.41) is 0. The summed E-state index contributed by atoms with van der Waals surface area (Å²) >= 11 is 3.44. The maximum Gasteiger partial charge on any atom is 0.166 e. The van der Waals surface area contributed by atoms with Crippen LogP contribution in [0, 0.1) is 5.92 Å². The van der Waals surface area contributed by atoms with E-state index in [0.29, 0.717) is 17.6 Å². The van der Waals surface area contributed by atoms with Gasteiger partial charge in [-0.25, -0.2) is 0 Å². The van der Waals surface area contributed by atoms with Crippen molar-refractivity contribution in [3.8, 4) is 0 Å². The molecular formula is C13H13BrO. The Balaban J connectivity index is 2.11. The zero-order valence-electron chi connectivity index (χ0n) is 8.50. The highest BCUT2D eigenvalue weighted by atomic mass is 79.9. The highest BCUT2D eigenvalue weighted by Gasteiger charge is 2.40. The predicted molar refractivity (Wildman–Crippen MR) is 63.2 cm³/mol. The minimum atomic E-state index is 0.294. The molecular weight excluding hydrogens is 252 g/mol. The standard InChI is InChI=1S/C13H13BrO/c14-8-5-6-10-9-3-1-2-4-11(9)13(15)12(10)7-8/h5-7,9,11H,1-4H2/t9-,11-/m0/s1. The van der Waals surface area contributed by atoms with Gasteiger partial charge >= 0.3 is 0 Å². The Morgan fingerprint density at radius 1 is 1.13 bits per heavy atom. The minimum absolute atomic E-state index is 0.294. The van der Waals surface area contributed by atoms with E-state index in [-0.39, 0.29) is 0 Å². The molecule has 2 atom stereocenters. The lowest BCUT2D eigenvalue weighted by molar-refractivity contribution is 0.0898. The number of benzene rings is 1. The lowest BCUT2D eigenvalue weighted by Crippen LogP contribution is -2.17. The zero-order chi connectivity index (χ0) is 10.4. The number of hydrogen-bond donors (Lipinski definition) is 0. The third-order valence-electron chi connectivity index (χ3n) is 3.78. The highest BCUT2D eigenvalue weighted by Crippen LogP contribution is 2.46. The van der Waals surface area contributed by atoms with Gasteiger partial charge in [-0.1, -0.05) is 34.8 Å². The van der Waals surface area contributed by atoms with Gasteiger partial charge in [0.1, 0.15) is 0 Å². The Morgan fingerprint density at radius 2 is 1.87 bits per heavy atom. The number of carbonyl (C=O) groups excluding carboxylic acids is 1. The van der Waals surface area contributed by atoms with Gasteiger partial charge in [-0.2, -0.15) is 0 Å². The molecule has 2 aliphatic rings. The van der Waals surface area contributed by atoms with Crippen LogP contribution >= 0.6 is 15.9 Å². The van der Waals surface area contributed by atoms with E-state index in [9.17, 15) is 4.79 Å². The summed E-state index contributed by atoms with van der Waals surface area (Å²) in [7, 11) is 0. The number of Topliss-reactive ketones (excluding diaryl/α,β-unsaturated/α-hetero) is 1. The number of carbonyl (C=O) groups is 1. The van der Waals surface area contributed by atoms with Gasteiger partial charge in [-0.05, 0) is 36.5 Å². The fraction of sp³-hybridized carbons (Fsp3) is 0.462. The molecule has 2 heteroatoms. The lowest BCUT2D eigenvalue weighted by Gasteiger charge is -2.24. The third kappa shape index (κ3) is 1.38. The van der Waals surface area contributed by atoms with Crippen molar-refractivity contribution in [2.24, 2.45) is 5.92 Å². The van der Waals surface area contributed by atoms with Crippen molar-refractivity contribution in [3.05, 3.63) is 33.8 Å². The second kappa shape index (κ2) is 3.44. The Bertz CT molecular complexity index is 425. The molecule has 1 aromatic carbocycles. The summed E-state index contributed by atoms with van der Waals surface area (Å²) in [6.45, 7) is 0. The van der Waals surface area contributed by atoms with E-state index < -0.39 is 0 Å². The van der Waals surface area contributed by atoms with E-state index in [0.717, 1.165) is 16.5 Å². The van der Waals surface area contributed by atoms with E-state index in [2.05, 4.69) is 28.1 Å². The second-order valence-electron chi connectivity index (χ2n) is 4.59. The van der Waals surface area contributed by atoms with Crippen molar-refractivity contribution in [1.29, 1.82) is 0 Å². The average Bonchev–Trinajstić information content (AvgIpc) is 2.54. The number of halogens is 1. The largest absolute Gasteiger partial charge is 0.294 e. The van der Waals surface area contributed by atoms with Crippen LogP contribution in [0.3, 0.4) is 0 Å². The number of ketones is 1. The first-order chi connectivity index (χ1) is 7.27. The SMILES string of the molecule is O=C1c2cc(Br)ccc2[C@@H]2CCCC[C@H]12. The molecule has 0 saturated heterocycles. The first-order valence-corrected chi connectivity index (χ1v) is 6.40. The second-order valence-corrected chi connectivity index (χ2v) is 5.51. The topological polar surface area (TPSA) is 17.1 Å². The van der Waals surface area contributed by atoms with E-state index in [1.165, 1.54) is 24.8 Å². The van der Waals surface area contributed by atoms with Gasteiger partial charge in [-0.15, -0.1) is 0 Å². The van der Waals surface area contributed by atoms with E-state index in [1.54, 1.807) is 0 Å². The van der Waals surface area contributed by atoms with E-state index >= 15 is 0 Å². The fourth-order valence-electron chi connectivity index (χ4n) is 3.08. The van der Waals surface area contributed by atoms with Gasteiger partial charge in [-0.3, -0.25) is 4.79 Å². The van der Waals surface area contributed by atoms with Gasteiger partial charge < -0.3 is 0 Å². The summed E-state index contributed by atoms with van der Waals surface area (Å²) in [4.78, 5) is 12.2. The van der Waals surface area contributed by atoms with Crippen LogP contribution in [-0.4, -0.2) is 5.78 Å². The molecule has 0 aromatic heterocycles. The van der Waals surface area contributed by atoms with Crippen LogP contribution in [-0.2, 0) is 0 Å². The third-order valence-corrected chi connectivity index (χ3v) is 4.28. The van der Waals surface area contributed by atoms with Crippen LogP contribution < -0.4 is 0 Å². The molecule has 78 valence electrons. The van der Waals surface area contributed by atoms with Gasteiger partial charge in [0, 0.05) is 16.0 Å². The molecule has 0 amide bonds. The van der Waals surface area contributed by atoms with Crippen molar-refractivity contribution in [2.75, 3.05) is 0 Å². The molecule has 1 nitrogen and oxygen atoms in total. The van der Waals surface area contributed by atoms with Crippen molar-refractivity contribution in [1.82, 2.24) is 0 Å². The lowest BCUT2D eigenvalue weighted by atomic mass is 9.79. The first-order valence-electron chi connectivity index (χ1n) is 5.61. The molecule has 0 spiro atoms. The van der Waals surface area contributed by atoms with Crippen molar-refractivity contribution in [3.63, 3.8) is 0 Å². The number of hydrogen-bond acceptors (Lipinski definition) is 1. The summed E-state index contributed by atoms with van der Waals surface area (Å²) in [5.41, 5.74) is 2.27. The average molecular weight is 265 g/mol. The molecule has 0 unspecified atom stereocenters. The highest BCUT2D eigenvalue weighted by molar-refractivity contribution is 9.10. The monoisotopic (exact) mass is 264 g/mol. The molecule has 3 rings (SSSR count). The van der Waals surface area contributed by atoms with Crippen LogP contribution in [0.2, 0.25) is 0 Å².